The highest BCUT2D eigenvalue weighted by Gasteiger charge is 2.23. The maximum Gasteiger partial charge on any atom is 0.267 e. The highest BCUT2D eigenvalue weighted by atomic mass is 32.1. The van der Waals surface area contributed by atoms with Crippen LogP contribution in [0.1, 0.15) is 17.3 Å². The van der Waals surface area contributed by atoms with Crippen LogP contribution in [0, 0.1) is 0 Å². The predicted molar refractivity (Wildman–Crippen MR) is 105 cm³/mol. The van der Waals surface area contributed by atoms with Crippen molar-refractivity contribution in [3.8, 4) is 16.5 Å². The molecule has 4 rings (SSSR count). The fraction of sp³-hybridized carbons (Fsp3) is 0.118. The van der Waals surface area contributed by atoms with Gasteiger partial charge in [0.2, 0.25) is 5.13 Å². The first-order valence-electron chi connectivity index (χ1n) is 7.98. The molecule has 0 fully saturated rings. The molecule has 136 valence electrons. The van der Waals surface area contributed by atoms with E-state index >= 15 is 0 Å². The van der Waals surface area contributed by atoms with Crippen LogP contribution >= 0.6 is 22.7 Å². The molecule has 0 saturated carbocycles. The Hall–Kier alpha value is -3.11. The third kappa shape index (κ3) is 2.98. The Morgan fingerprint density at radius 3 is 2.85 bits per heavy atom. The van der Waals surface area contributed by atoms with Gasteiger partial charge in [0.05, 0.1) is 11.0 Å². The van der Waals surface area contributed by atoms with Gasteiger partial charge in [-0.25, -0.2) is 4.98 Å². The van der Waals surface area contributed by atoms with Crippen LogP contribution in [-0.2, 0) is 6.54 Å². The molecule has 10 heteroatoms. The van der Waals surface area contributed by atoms with Gasteiger partial charge in [-0.3, -0.25) is 14.9 Å². The molecule has 27 heavy (non-hydrogen) atoms. The molecule has 0 saturated heterocycles. The fourth-order valence-electron chi connectivity index (χ4n) is 2.76. The van der Waals surface area contributed by atoms with Crippen molar-refractivity contribution >= 4 is 44.6 Å². The Morgan fingerprint density at radius 2 is 2.11 bits per heavy atom. The third-order valence-corrected chi connectivity index (χ3v) is 5.43. The van der Waals surface area contributed by atoms with Crippen molar-refractivity contribution < 1.29 is 9.90 Å². The molecule has 1 amide bonds. The number of pyridine rings is 1. The lowest BCUT2D eigenvalue weighted by Gasteiger charge is -2.12. The number of hydrogen-bond acceptors (Lipinski definition) is 8. The highest BCUT2D eigenvalue weighted by Crippen LogP contribution is 2.29. The minimum Gasteiger partial charge on any atom is -0.506 e. The first-order valence-corrected chi connectivity index (χ1v) is 9.74. The van der Waals surface area contributed by atoms with Crippen LogP contribution in [0.15, 0.2) is 40.0 Å². The van der Waals surface area contributed by atoms with Crippen LogP contribution in [0.4, 0.5) is 5.13 Å². The summed E-state index contributed by atoms with van der Waals surface area (Å²) in [5.41, 5.74) is 2.03. The standard InChI is InChI=1S/C17H13N5O3S2/c1-2-22-11-6-4-3-5-9(11)13(23)12(16(22)25)14(24)19-17-21-20-15(27-17)10-7-26-8-18-10/h3-8,23H,2H2,1H3,(H,19,21,24). The molecule has 2 N–H and O–H groups in total. The summed E-state index contributed by atoms with van der Waals surface area (Å²) in [6.45, 7) is 2.17. The van der Waals surface area contributed by atoms with Crippen LogP contribution in [0.3, 0.4) is 0 Å². The van der Waals surface area contributed by atoms with Gasteiger partial charge in [-0.15, -0.1) is 21.5 Å². The zero-order valence-electron chi connectivity index (χ0n) is 14.0. The van der Waals surface area contributed by atoms with Gasteiger partial charge in [0.1, 0.15) is 17.0 Å². The van der Waals surface area contributed by atoms with Crippen molar-refractivity contribution in [3.05, 3.63) is 51.1 Å². The Bertz CT molecular complexity index is 1200. The van der Waals surface area contributed by atoms with E-state index in [1.165, 1.54) is 15.9 Å². The number of nitrogens with one attached hydrogen (secondary N) is 1. The first-order chi connectivity index (χ1) is 13.1. The topological polar surface area (TPSA) is 110 Å². The summed E-state index contributed by atoms with van der Waals surface area (Å²) in [4.78, 5) is 29.6. The van der Waals surface area contributed by atoms with Crippen molar-refractivity contribution in [2.75, 3.05) is 5.32 Å². The van der Waals surface area contributed by atoms with Gasteiger partial charge >= 0.3 is 0 Å². The summed E-state index contributed by atoms with van der Waals surface area (Å²) < 4.78 is 1.45. The van der Waals surface area contributed by atoms with Crippen molar-refractivity contribution in [2.45, 2.75) is 13.5 Å². The lowest BCUT2D eigenvalue weighted by Crippen LogP contribution is -2.29. The number of para-hydroxylation sites is 1. The van der Waals surface area contributed by atoms with Crippen molar-refractivity contribution in [3.63, 3.8) is 0 Å². The summed E-state index contributed by atoms with van der Waals surface area (Å²) in [7, 11) is 0. The number of carbonyl (C=O) groups excluding carboxylic acids is 1. The van der Waals surface area contributed by atoms with E-state index in [1.54, 1.807) is 36.7 Å². The van der Waals surface area contributed by atoms with Crippen molar-refractivity contribution in [1.29, 1.82) is 0 Å². The van der Waals surface area contributed by atoms with Gasteiger partial charge in [-0.1, -0.05) is 23.5 Å². The molecule has 0 aliphatic carbocycles. The molecule has 0 radical (unpaired) electrons. The summed E-state index contributed by atoms with van der Waals surface area (Å²) in [6, 6.07) is 6.90. The van der Waals surface area contributed by atoms with Gasteiger partial charge in [-0.2, -0.15) is 0 Å². The maximum atomic E-state index is 12.8. The maximum absolute atomic E-state index is 12.8. The van der Waals surface area contributed by atoms with E-state index in [1.807, 2.05) is 5.38 Å². The van der Waals surface area contributed by atoms with Crippen molar-refractivity contribution in [2.24, 2.45) is 0 Å². The Kier molecular flexibility index (Phi) is 4.42. The normalized spacial score (nSPS) is 11.0. The second-order valence-electron chi connectivity index (χ2n) is 5.53. The number of thiazole rings is 1. The number of anilines is 1. The number of aromatic nitrogens is 4. The average molecular weight is 399 g/mol. The van der Waals surface area contributed by atoms with E-state index in [9.17, 15) is 14.7 Å². The molecule has 1 aromatic carbocycles. The van der Waals surface area contributed by atoms with E-state index in [4.69, 9.17) is 0 Å². The number of fused-ring (bicyclic) bond motifs is 1. The minimum absolute atomic E-state index is 0.220. The number of amides is 1. The molecule has 0 aliphatic rings. The van der Waals surface area contributed by atoms with Crippen LogP contribution in [0.2, 0.25) is 0 Å². The summed E-state index contributed by atoms with van der Waals surface area (Å²) in [5.74, 6) is -1.08. The second-order valence-corrected chi connectivity index (χ2v) is 7.23. The predicted octanol–water partition coefficient (Wildman–Crippen LogP) is 2.95. The Labute approximate surface area is 160 Å². The third-order valence-electron chi connectivity index (χ3n) is 3.99. The molecule has 8 nitrogen and oxygen atoms in total. The van der Waals surface area contributed by atoms with Gasteiger partial charge in [-0.05, 0) is 19.1 Å². The Morgan fingerprint density at radius 1 is 1.30 bits per heavy atom. The number of hydrogen-bond donors (Lipinski definition) is 2. The van der Waals surface area contributed by atoms with Crippen LogP contribution < -0.4 is 10.9 Å². The summed E-state index contributed by atoms with van der Waals surface area (Å²) in [6.07, 6.45) is 0. The van der Waals surface area contributed by atoms with E-state index in [0.29, 0.717) is 28.1 Å². The number of rotatable bonds is 4. The molecule has 0 unspecified atom stereocenters. The molecular formula is C17H13N5O3S2. The lowest BCUT2D eigenvalue weighted by atomic mass is 10.1. The van der Waals surface area contributed by atoms with Gasteiger partial charge in [0.25, 0.3) is 11.5 Å². The highest BCUT2D eigenvalue weighted by molar-refractivity contribution is 7.18. The largest absolute Gasteiger partial charge is 0.506 e. The number of carbonyl (C=O) groups is 1. The smallest absolute Gasteiger partial charge is 0.267 e. The van der Waals surface area contributed by atoms with Gasteiger partial charge in [0, 0.05) is 17.3 Å². The lowest BCUT2D eigenvalue weighted by molar-refractivity contribution is 0.102. The average Bonchev–Trinajstić information content (AvgIpc) is 3.34. The van der Waals surface area contributed by atoms with Crippen LogP contribution in [0.25, 0.3) is 21.6 Å². The van der Waals surface area contributed by atoms with Crippen molar-refractivity contribution in [1.82, 2.24) is 19.7 Å². The molecule has 4 aromatic rings. The number of aromatic hydroxyl groups is 1. The van der Waals surface area contributed by atoms with Gasteiger partial charge < -0.3 is 9.67 Å². The van der Waals surface area contributed by atoms with E-state index < -0.39 is 11.5 Å². The number of benzene rings is 1. The van der Waals surface area contributed by atoms with E-state index in [2.05, 4.69) is 20.5 Å². The number of nitrogens with zero attached hydrogens (tertiary/aromatic N) is 4. The molecule has 3 heterocycles. The quantitative estimate of drug-likeness (QED) is 0.546. The minimum atomic E-state index is -0.730. The first kappa shape index (κ1) is 17.3. The second kappa shape index (κ2) is 6.89. The zero-order chi connectivity index (χ0) is 19.0. The fourth-order valence-corrected chi connectivity index (χ4v) is 4.08. The van der Waals surface area contributed by atoms with Crippen LogP contribution in [0.5, 0.6) is 5.75 Å². The Balaban J connectivity index is 1.74. The molecule has 0 spiro atoms. The van der Waals surface area contributed by atoms with Gasteiger partial charge in [0.15, 0.2) is 5.01 Å². The molecule has 0 bridgehead atoms. The monoisotopic (exact) mass is 399 g/mol. The molecule has 0 atom stereocenters. The van der Waals surface area contributed by atoms with Crippen LogP contribution in [-0.4, -0.2) is 30.8 Å². The SMILES string of the molecule is CCn1c(=O)c(C(=O)Nc2nnc(-c3cscn3)s2)c(O)c2ccccc21. The summed E-state index contributed by atoms with van der Waals surface area (Å²) in [5, 5.41) is 24.0. The van der Waals surface area contributed by atoms with E-state index in [-0.39, 0.29) is 16.4 Å². The molecular weight excluding hydrogens is 386 g/mol. The summed E-state index contributed by atoms with van der Waals surface area (Å²) >= 11 is 2.57. The molecule has 0 aliphatic heterocycles. The number of aryl methyl sites for hydroxylation is 1. The van der Waals surface area contributed by atoms with E-state index in [0.717, 1.165) is 11.3 Å². The zero-order valence-corrected chi connectivity index (χ0v) is 15.7. The molecule has 3 aromatic heterocycles.